The van der Waals surface area contributed by atoms with Gasteiger partial charge in [-0.2, -0.15) is 5.10 Å². The zero-order chi connectivity index (χ0) is 23.4. The van der Waals surface area contributed by atoms with E-state index in [0.29, 0.717) is 21.2 Å². The lowest BCUT2D eigenvalue weighted by atomic mass is 9.74. The first kappa shape index (κ1) is 21.6. The summed E-state index contributed by atoms with van der Waals surface area (Å²) in [4.78, 5) is 11.2. The first-order chi connectivity index (χ1) is 16.4. The number of nitrogens with zero attached hydrogens (tertiary/aromatic N) is 4. The van der Waals surface area contributed by atoms with E-state index in [-0.39, 0.29) is 6.10 Å². The minimum Gasteiger partial charge on any atom is -0.486 e. The van der Waals surface area contributed by atoms with Crippen molar-refractivity contribution in [2.24, 2.45) is 5.41 Å². The maximum Gasteiger partial charge on any atom is 0.128 e. The van der Waals surface area contributed by atoms with Crippen LogP contribution in [0.2, 0.25) is 10.0 Å². The number of ether oxygens (including phenoxy) is 1. The van der Waals surface area contributed by atoms with Crippen LogP contribution in [0.1, 0.15) is 24.3 Å². The third-order valence-electron chi connectivity index (χ3n) is 6.83. The molecule has 174 valence electrons. The van der Waals surface area contributed by atoms with Gasteiger partial charge in [0.15, 0.2) is 0 Å². The molecule has 5 heterocycles. The van der Waals surface area contributed by atoms with Crippen LogP contribution in [0.15, 0.2) is 42.7 Å². The van der Waals surface area contributed by atoms with Crippen molar-refractivity contribution in [1.29, 1.82) is 0 Å². The highest BCUT2D eigenvalue weighted by atomic mass is 35.5. The number of pyridine rings is 2. The highest BCUT2D eigenvalue weighted by Gasteiger charge is 2.47. The monoisotopic (exact) mass is 494 g/mol. The van der Waals surface area contributed by atoms with E-state index in [0.717, 1.165) is 65.4 Å². The van der Waals surface area contributed by atoms with Gasteiger partial charge in [-0.3, -0.25) is 10.1 Å². The minimum atomic E-state index is -0.346. The second-order valence-electron chi connectivity index (χ2n) is 9.32. The van der Waals surface area contributed by atoms with E-state index < -0.39 is 0 Å². The number of aromatic nitrogens is 4. The number of halogens is 2. The highest BCUT2D eigenvalue weighted by Crippen LogP contribution is 2.38. The number of aromatic amines is 1. The summed E-state index contributed by atoms with van der Waals surface area (Å²) in [6.07, 6.45) is 3.15. The SMILES string of the molecule is Cc1ncc(Cl)c([C@@H](C)Oc2ccc3[nH]nc(-c4ccc(N5CC6(CNC6)C5)nc4)c3c2)c1Cl. The van der Waals surface area contributed by atoms with Gasteiger partial charge in [0.05, 0.1) is 21.3 Å². The van der Waals surface area contributed by atoms with Gasteiger partial charge in [0.2, 0.25) is 0 Å². The van der Waals surface area contributed by atoms with Gasteiger partial charge in [-0.15, -0.1) is 0 Å². The minimum absolute atomic E-state index is 0.346. The van der Waals surface area contributed by atoms with Crippen LogP contribution < -0.4 is 15.0 Å². The second kappa shape index (κ2) is 8.12. The molecule has 2 aliphatic heterocycles. The quantitative estimate of drug-likeness (QED) is 0.397. The van der Waals surface area contributed by atoms with Crippen LogP contribution in [-0.2, 0) is 0 Å². The number of hydrogen-bond donors (Lipinski definition) is 2. The molecule has 34 heavy (non-hydrogen) atoms. The number of anilines is 1. The molecule has 0 amide bonds. The van der Waals surface area contributed by atoms with Crippen molar-refractivity contribution < 1.29 is 4.74 Å². The molecule has 0 unspecified atom stereocenters. The van der Waals surface area contributed by atoms with Crippen molar-refractivity contribution in [3.63, 3.8) is 0 Å². The van der Waals surface area contributed by atoms with Crippen molar-refractivity contribution in [2.75, 3.05) is 31.1 Å². The van der Waals surface area contributed by atoms with Gasteiger partial charge in [-0.1, -0.05) is 23.2 Å². The predicted molar refractivity (Wildman–Crippen MR) is 135 cm³/mol. The summed E-state index contributed by atoms with van der Waals surface area (Å²) in [5.74, 6) is 1.72. The van der Waals surface area contributed by atoms with Crippen molar-refractivity contribution in [2.45, 2.75) is 20.0 Å². The fourth-order valence-electron chi connectivity index (χ4n) is 4.84. The summed E-state index contributed by atoms with van der Waals surface area (Å²) in [5, 5.41) is 13.0. The molecule has 1 spiro atoms. The first-order valence-corrected chi connectivity index (χ1v) is 12.1. The number of benzene rings is 1. The van der Waals surface area contributed by atoms with E-state index in [2.05, 4.69) is 37.5 Å². The summed E-state index contributed by atoms with van der Waals surface area (Å²) >= 11 is 12.8. The standard InChI is InChI=1S/C25H24Cl2N6O/c1-14-23(27)22(19(26)9-29-14)15(2)34-17-4-5-20-18(7-17)24(32-31-20)16-3-6-21(30-8-16)33-12-25(13-33)10-28-11-25/h3-9,15,28H,10-13H2,1-2H3,(H,31,32)/t15-/m1/s1. The molecule has 6 rings (SSSR count). The van der Waals surface area contributed by atoms with Crippen LogP contribution in [0.4, 0.5) is 5.82 Å². The van der Waals surface area contributed by atoms with Gasteiger partial charge in [0.25, 0.3) is 0 Å². The Balaban J connectivity index is 1.24. The molecule has 4 aromatic rings. The molecule has 1 atom stereocenters. The van der Waals surface area contributed by atoms with Gasteiger partial charge in [0.1, 0.15) is 23.4 Å². The molecular formula is C25H24Cl2N6O. The summed E-state index contributed by atoms with van der Waals surface area (Å²) in [6.45, 7) is 8.15. The third kappa shape index (κ3) is 3.59. The molecule has 2 N–H and O–H groups in total. The Morgan fingerprint density at radius 2 is 1.91 bits per heavy atom. The second-order valence-corrected chi connectivity index (χ2v) is 10.1. The lowest BCUT2D eigenvalue weighted by Crippen LogP contribution is -2.71. The number of H-pyrrole nitrogens is 1. The van der Waals surface area contributed by atoms with Crippen LogP contribution in [-0.4, -0.2) is 46.3 Å². The number of rotatable bonds is 5. The van der Waals surface area contributed by atoms with Gasteiger partial charge in [0, 0.05) is 60.5 Å². The maximum absolute atomic E-state index is 6.46. The Bertz CT molecular complexity index is 1370. The summed E-state index contributed by atoms with van der Waals surface area (Å²) in [6, 6.07) is 10.0. The maximum atomic E-state index is 6.46. The molecule has 3 aromatic heterocycles. The van der Waals surface area contributed by atoms with Crippen molar-refractivity contribution in [1.82, 2.24) is 25.5 Å². The lowest BCUT2D eigenvalue weighted by Gasteiger charge is -2.56. The van der Waals surface area contributed by atoms with Gasteiger partial charge < -0.3 is 15.0 Å². The summed E-state index contributed by atoms with van der Waals surface area (Å²) in [7, 11) is 0. The zero-order valence-electron chi connectivity index (χ0n) is 18.9. The Kier molecular flexibility index (Phi) is 5.17. The van der Waals surface area contributed by atoms with Gasteiger partial charge in [-0.25, -0.2) is 4.98 Å². The molecule has 0 aliphatic carbocycles. The zero-order valence-corrected chi connectivity index (χ0v) is 20.4. The van der Waals surface area contributed by atoms with Crippen LogP contribution in [0.5, 0.6) is 5.75 Å². The Hall–Kier alpha value is -2.87. The van der Waals surface area contributed by atoms with E-state index in [4.69, 9.17) is 32.9 Å². The third-order valence-corrected chi connectivity index (χ3v) is 7.61. The van der Waals surface area contributed by atoms with Crippen molar-refractivity contribution in [3.05, 3.63) is 64.0 Å². The summed E-state index contributed by atoms with van der Waals surface area (Å²) < 4.78 is 6.23. The Morgan fingerprint density at radius 1 is 1.09 bits per heavy atom. The van der Waals surface area contributed by atoms with Crippen molar-refractivity contribution >= 4 is 39.9 Å². The topological polar surface area (TPSA) is 79.0 Å². The number of aryl methyl sites for hydroxylation is 1. The van der Waals surface area contributed by atoms with Gasteiger partial charge >= 0.3 is 0 Å². The van der Waals surface area contributed by atoms with E-state index in [1.165, 1.54) is 0 Å². The van der Waals surface area contributed by atoms with Crippen molar-refractivity contribution in [3.8, 4) is 17.0 Å². The Labute approximate surface area is 207 Å². The van der Waals surface area contributed by atoms with E-state index >= 15 is 0 Å². The van der Waals surface area contributed by atoms with Crippen LogP contribution in [0, 0.1) is 12.3 Å². The average molecular weight is 495 g/mol. The summed E-state index contributed by atoms with van der Waals surface area (Å²) in [5.41, 5.74) is 4.64. The molecule has 2 saturated heterocycles. The van der Waals surface area contributed by atoms with E-state index in [1.807, 2.05) is 38.2 Å². The number of nitrogens with one attached hydrogen (secondary N) is 2. The number of hydrogen-bond acceptors (Lipinski definition) is 6. The molecule has 0 saturated carbocycles. The number of fused-ring (bicyclic) bond motifs is 1. The fraction of sp³-hybridized carbons (Fsp3) is 0.320. The fourth-order valence-corrected chi connectivity index (χ4v) is 5.49. The van der Waals surface area contributed by atoms with E-state index in [9.17, 15) is 0 Å². The normalized spacial score (nSPS) is 17.5. The van der Waals surface area contributed by atoms with Crippen LogP contribution in [0.25, 0.3) is 22.2 Å². The molecule has 1 aromatic carbocycles. The first-order valence-electron chi connectivity index (χ1n) is 11.3. The molecule has 0 bridgehead atoms. The van der Waals surface area contributed by atoms with Crippen LogP contribution in [0.3, 0.4) is 0 Å². The lowest BCUT2D eigenvalue weighted by molar-refractivity contribution is 0.120. The van der Waals surface area contributed by atoms with Crippen LogP contribution >= 0.6 is 23.2 Å². The van der Waals surface area contributed by atoms with Gasteiger partial charge in [-0.05, 0) is 44.2 Å². The highest BCUT2D eigenvalue weighted by molar-refractivity contribution is 6.36. The van der Waals surface area contributed by atoms with E-state index in [1.54, 1.807) is 6.20 Å². The molecule has 0 radical (unpaired) electrons. The smallest absolute Gasteiger partial charge is 0.128 e. The predicted octanol–water partition coefficient (Wildman–Crippen LogP) is 5.18. The molecule has 2 fully saturated rings. The molecule has 9 heteroatoms. The molecule has 7 nitrogen and oxygen atoms in total. The largest absolute Gasteiger partial charge is 0.486 e. The average Bonchev–Trinajstić information content (AvgIpc) is 3.18. The molecular weight excluding hydrogens is 471 g/mol. The molecule has 2 aliphatic rings. The Morgan fingerprint density at radius 3 is 2.62 bits per heavy atom.